The van der Waals surface area contributed by atoms with Crippen LogP contribution in [0.15, 0.2) is 0 Å². The molecular formula is C14H28N2O2. The van der Waals surface area contributed by atoms with Gasteiger partial charge < -0.3 is 15.8 Å². The first-order chi connectivity index (χ1) is 8.66. The van der Waals surface area contributed by atoms with E-state index in [1.165, 1.54) is 6.42 Å². The van der Waals surface area contributed by atoms with E-state index in [0.717, 1.165) is 45.1 Å². The number of unbranched alkanes of at least 4 members (excludes halogenated alkanes) is 1. The van der Waals surface area contributed by atoms with Gasteiger partial charge in [0.05, 0.1) is 6.61 Å². The summed E-state index contributed by atoms with van der Waals surface area (Å²) in [7, 11) is 0. The molecule has 0 aromatic rings. The highest BCUT2D eigenvalue weighted by Gasteiger charge is 2.29. The van der Waals surface area contributed by atoms with E-state index < -0.39 is 0 Å². The summed E-state index contributed by atoms with van der Waals surface area (Å²) >= 11 is 0. The zero-order valence-corrected chi connectivity index (χ0v) is 11.7. The molecule has 0 unspecified atom stereocenters. The minimum Gasteiger partial charge on any atom is -0.380 e. The van der Waals surface area contributed by atoms with Crippen molar-refractivity contribution < 1.29 is 9.53 Å². The second-order valence-electron chi connectivity index (χ2n) is 5.42. The molecule has 1 amide bonds. The zero-order chi connectivity index (χ0) is 13.3. The average molecular weight is 256 g/mol. The summed E-state index contributed by atoms with van der Waals surface area (Å²) in [5.74, 6) is 0.0680. The van der Waals surface area contributed by atoms with Crippen LogP contribution in [0.2, 0.25) is 0 Å². The third kappa shape index (κ3) is 6.36. The Bertz CT molecular complexity index is 238. The van der Waals surface area contributed by atoms with Gasteiger partial charge in [0.25, 0.3) is 0 Å². The Morgan fingerprint density at radius 1 is 1.28 bits per heavy atom. The van der Waals surface area contributed by atoms with Crippen molar-refractivity contribution in [2.45, 2.75) is 63.8 Å². The molecule has 0 atom stereocenters. The molecule has 1 fully saturated rings. The van der Waals surface area contributed by atoms with Crippen LogP contribution in [0, 0.1) is 0 Å². The number of nitrogens with one attached hydrogen (secondary N) is 1. The van der Waals surface area contributed by atoms with Crippen LogP contribution < -0.4 is 11.1 Å². The first-order valence-electron chi connectivity index (χ1n) is 7.30. The maximum absolute atomic E-state index is 11.8. The summed E-state index contributed by atoms with van der Waals surface area (Å²) in [5, 5.41) is 2.89. The molecule has 1 aliphatic carbocycles. The van der Waals surface area contributed by atoms with Crippen molar-refractivity contribution in [2.24, 2.45) is 5.73 Å². The molecule has 0 aromatic heterocycles. The van der Waals surface area contributed by atoms with Gasteiger partial charge in [-0.1, -0.05) is 32.6 Å². The van der Waals surface area contributed by atoms with Crippen LogP contribution in [0.4, 0.5) is 0 Å². The van der Waals surface area contributed by atoms with Crippen molar-refractivity contribution in [2.75, 3.05) is 19.8 Å². The molecule has 1 aliphatic rings. The van der Waals surface area contributed by atoms with Gasteiger partial charge in [-0.25, -0.2) is 0 Å². The molecule has 1 rings (SSSR count). The quantitative estimate of drug-likeness (QED) is 0.653. The van der Waals surface area contributed by atoms with Gasteiger partial charge in [-0.15, -0.1) is 0 Å². The van der Waals surface area contributed by atoms with Gasteiger partial charge in [0.15, 0.2) is 0 Å². The van der Waals surface area contributed by atoms with Crippen molar-refractivity contribution in [3.63, 3.8) is 0 Å². The highest BCUT2D eigenvalue weighted by molar-refractivity contribution is 5.77. The van der Waals surface area contributed by atoms with Crippen LogP contribution in [-0.4, -0.2) is 31.2 Å². The Morgan fingerprint density at radius 3 is 2.67 bits per heavy atom. The van der Waals surface area contributed by atoms with E-state index in [-0.39, 0.29) is 11.4 Å². The second-order valence-corrected chi connectivity index (χ2v) is 5.42. The van der Waals surface area contributed by atoms with Gasteiger partial charge in [0.1, 0.15) is 0 Å². The molecule has 106 valence electrons. The predicted molar refractivity (Wildman–Crippen MR) is 73.4 cm³/mol. The molecule has 0 aromatic carbocycles. The normalized spacial score (nSPS) is 18.6. The van der Waals surface area contributed by atoms with Crippen LogP contribution in [0.1, 0.15) is 58.3 Å². The van der Waals surface area contributed by atoms with Gasteiger partial charge in [0, 0.05) is 25.1 Å². The number of amides is 1. The Kier molecular flexibility index (Phi) is 7.28. The fourth-order valence-corrected chi connectivity index (χ4v) is 2.43. The van der Waals surface area contributed by atoms with Crippen LogP contribution in [-0.2, 0) is 9.53 Å². The second kappa shape index (κ2) is 8.48. The number of hydrogen-bond acceptors (Lipinski definition) is 3. The fourth-order valence-electron chi connectivity index (χ4n) is 2.43. The van der Waals surface area contributed by atoms with Gasteiger partial charge in [-0.2, -0.15) is 0 Å². The molecule has 0 aliphatic heterocycles. The van der Waals surface area contributed by atoms with Gasteiger partial charge in [-0.3, -0.25) is 4.79 Å². The standard InChI is InChI=1S/C14H28N2O2/c1-2-3-10-18-11-9-16-13(17)12-14(15)7-5-4-6-8-14/h2-12,15H2,1H3,(H,16,17). The third-order valence-electron chi connectivity index (χ3n) is 3.57. The minimum absolute atomic E-state index is 0.0680. The molecular weight excluding hydrogens is 228 g/mol. The molecule has 0 spiro atoms. The summed E-state index contributed by atoms with van der Waals surface area (Å²) in [6, 6.07) is 0. The van der Waals surface area contributed by atoms with Crippen molar-refractivity contribution in [3.05, 3.63) is 0 Å². The molecule has 4 heteroatoms. The number of carbonyl (C=O) groups is 1. The van der Waals surface area contributed by atoms with Crippen molar-refractivity contribution in [3.8, 4) is 0 Å². The first-order valence-corrected chi connectivity index (χ1v) is 7.30. The fraction of sp³-hybridized carbons (Fsp3) is 0.929. The van der Waals surface area contributed by atoms with E-state index in [0.29, 0.717) is 19.6 Å². The minimum atomic E-state index is -0.259. The zero-order valence-electron chi connectivity index (χ0n) is 11.7. The topological polar surface area (TPSA) is 64.3 Å². The highest BCUT2D eigenvalue weighted by Crippen LogP contribution is 2.28. The summed E-state index contributed by atoms with van der Waals surface area (Å²) in [6.45, 7) is 4.12. The van der Waals surface area contributed by atoms with E-state index in [1.807, 2.05) is 0 Å². The molecule has 0 saturated heterocycles. The van der Waals surface area contributed by atoms with E-state index in [4.69, 9.17) is 10.5 Å². The summed E-state index contributed by atoms with van der Waals surface area (Å²) in [4.78, 5) is 11.8. The van der Waals surface area contributed by atoms with Gasteiger partial charge in [-0.05, 0) is 19.3 Å². The molecule has 1 saturated carbocycles. The molecule has 18 heavy (non-hydrogen) atoms. The monoisotopic (exact) mass is 256 g/mol. The van der Waals surface area contributed by atoms with E-state index >= 15 is 0 Å². The van der Waals surface area contributed by atoms with Crippen LogP contribution in [0.25, 0.3) is 0 Å². The maximum atomic E-state index is 11.8. The summed E-state index contributed by atoms with van der Waals surface area (Å²) in [5.41, 5.74) is 5.98. The van der Waals surface area contributed by atoms with E-state index in [2.05, 4.69) is 12.2 Å². The van der Waals surface area contributed by atoms with Crippen LogP contribution in [0.3, 0.4) is 0 Å². The van der Waals surface area contributed by atoms with Gasteiger partial charge >= 0.3 is 0 Å². The first kappa shape index (κ1) is 15.4. The van der Waals surface area contributed by atoms with E-state index in [9.17, 15) is 4.79 Å². The summed E-state index contributed by atoms with van der Waals surface area (Å²) < 4.78 is 5.39. The largest absolute Gasteiger partial charge is 0.380 e. The molecule has 0 heterocycles. The smallest absolute Gasteiger partial charge is 0.221 e. The lowest BCUT2D eigenvalue weighted by Gasteiger charge is -2.32. The van der Waals surface area contributed by atoms with Crippen molar-refractivity contribution in [1.29, 1.82) is 0 Å². The number of nitrogens with two attached hydrogens (primary N) is 1. The lowest BCUT2D eigenvalue weighted by atomic mass is 9.80. The molecule has 0 radical (unpaired) electrons. The Hall–Kier alpha value is -0.610. The molecule has 3 N–H and O–H groups in total. The Labute approximate surface area is 111 Å². The number of rotatable bonds is 8. The lowest BCUT2D eigenvalue weighted by molar-refractivity contribution is -0.122. The number of carbonyl (C=O) groups excluding carboxylic acids is 1. The summed E-state index contributed by atoms with van der Waals surface area (Å²) in [6.07, 6.45) is 8.21. The maximum Gasteiger partial charge on any atom is 0.221 e. The number of ether oxygens (including phenoxy) is 1. The third-order valence-corrected chi connectivity index (χ3v) is 3.57. The number of hydrogen-bond donors (Lipinski definition) is 2. The Balaban J connectivity index is 2.06. The average Bonchev–Trinajstić information content (AvgIpc) is 2.34. The van der Waals surface area contributed by atoms with E-state index in [1.54, 1.807) is 0 Å². The van der Waals surface area contributed by atoms with Crippen LogP contribution >= 0.6 is 0 Å². The lowest BCUT2D eigenvalue weighted by Crippen LogP contribution is -2.46. The SMILES string of the molecule is CCCCOCCNC(=O)CC1(N)CCCCC1. The highest BCUT2D eigenvalue weighted by atomic mass is 16.5. The van der Waals surface area contributed by atoms with Crippen molar-refractivity contribution in [1.82, 2.24) is 5.32 Å². The van der Waals surface area contributed by atoms with Gasteiger partial charge in [0.2, 0.25) is 5.91 Å². The Morgan fingerprint density at radius 2 is 2.00 bits per heavy atom. The molecule has 0 bridgehead atoms. The predicted octanol–water partition coefficient (Wildman–Crippen LogP) is 1.97. The van der Waals surface area contributed by atoms with Crippen molar-refractivity contribution >= 4 is 5.91 Å². The van der Waals surface area contributed by atoms with Crippen LogP contribution in [0.5, 0.6) is 0 Å². The molecule has 4 nitrogen and oxygen atoms in total.